The average Bonchev–Trinajstić information content (AvgIpc) is 2.98. The Balaban J connectivity index is 2.15. The van der Waals surface area contributed by atoms with E-state index >= 15 is 0 Å². The van der Waals surface area contributed by atoms with Crippen LogP contribution in [0, 0.1) is 10.1 Å². The third-order valence-corrected chi connectivity index (χ3v) is 3.41. The topological polar surface area (TPSA) is 89.9 Å². The summed E-state index contributed by atoms with van der Waals surface area (Å²) in [5.74, 6) is 0.202. The second kappa shape index (κ2) is 5.45. The molecule has 1 N–H and O–H groups in total. The molecule has 0 radical (unpaired) electrons. The van der Waals surface area contributed by atoms with Crippen molar-refractivity contribution in [2.45, 2.75) is 6.61 Å². The van der Waals surface area contributed by atoms with Gasteiger partial charge < -0.3 is 14.2 Å². The molecule has 0 fully saturated rings. The zero-order valence-electron chi connectivity index (χ0n) is 11.8. The van der Waals surface area contributed by atoms with Crippen LogP contribution in [0.3, 0.4) is 0 Å². The van der Waals surface area contributed by atoms with E-state index in [2.05, 4.69) is 4.98 Å². The first-order valence-corrected chi connectivity index (χ1v) is 6.54. The van der Waals surface area contributed by atoms with Gasteiger partial charge in [-0.3, -0.25) is 10.1 Å². The van der Waals surface area contributed by atoms with Gasteiger partial charge in [-0.2, -0.15) is 0 Å². The van der Waals surface area contributed by atoms with Gasteiger partial charge in [0.2, 0.25) is 0 Å². The van der Waals surface area contributed by atoms with Crippen LogP contribution < -0.4 is 4.74 Å². The fourth-order valence-corrected chi connectivity index (χ4v) is 2.33. The molecule has 1 aromatic carbocycles. The van der Waals surface area contributed by atoms with Crippen molar-refractivity contribution in [2.24, 2.45) is 0 Å². The van der Waals surface area contributed by atoms with Crippen LogP contribution in [0.4, 0.5) is 5.69 Å². The van der Waals surface area contributed by atoms with Gasteiger partial charge in [0.1, 0.15) is 5.65 Å². The summed E-state index contributed by atoms with van der Waals surface area (Å²) in [7, 11) is 1.39. The molecule has 0 atom stereocenters. The summed E-state index contributed by atoms with van der Waals surface area (Å²) in [6.45, 7) is -0.121. The smallest absolute Gasteiger partial charge is 0.311 e. The third-order valence-electron chi connectivity index (χ3n) is 3.41. The minimum absolute atomic E-state index is 0.112. The Morgan fingerprint density at radius 1 is 1.41 bits per heavy atom. The van der Waals surface area contributed by atoms with Crippen LogP contribution in [0.25, 0.3) is 16.9 Å². The van der Waals surface area contributed by atoms with Gasteiger partial charge in [0.05, 0.1) is 24.3 Å². The van der Waals surface area contributed by atoms with E-state index in [1.165, 1.54) is 13.2 Å². The van der Waals surface area contributed by atoms with Gasteiger partial charge in [-0.05, 0) is 18.2 Å². The molecule has 0 aliphatic rings. The van der Waals surface area contributed by atoms with Crippen LogP contribution >= 0.6 is 0 Å². The van der Waals surface area contributed by atoms with Gasteiger partial charge >= 0.3 is 5.69 Å². The number of hydrogen-bond donors (Lipinski definition) is 1. The van der Waals surface area contributed by atoms with Crippen LogP contribution in [0.1, 0.15) is 5.56 Å². The molecule has 7 heteroatoms. The Morgan fingerprint density at radius 3 is 2.91 bits per heavy atom. The van der Waals surface area contributed by atoms with Crippen molar-refractivity contribution in [1.29, 1.82) is 0 Å². The van der Waals surface area contributed by atoms with Gasteiger partial charge in [-0.25, -0.2) is 4.98 Å². The first kappa shape index (κ1) is 14.0. The number of benzene rings is 1. The molecule has 3 aromatic rings. The van der Waals surface area contributed by atoms with E-state index in [9.17, 15) is 15.2 Å². The average molecular weight is 299 g/mol. The Hall–Kier alpha value is -2.93. The molecule has 0 saturated carbocycles. The van der Waals surface area contributed by atoms with Gasteiger partial charge in [-0.1, -0.05) is 6.07 Å². The van der Waals surface area contributed by atoms with Crippen LogP contribution in [0.2, 0.25) is 0 Å². The number of pyridine rings is 1. The lowest BCUT2D eigenvalue weighted by molar-refractivity contribution is -0.385. The van der Waals surface area contributed by atoms with Crippen molar-refractivity contribution >= 4 is 11.3 Å². The Kier molecular flexibility index (Phi) is 3.48. The number of hydrogen-bond acceptors (Lipinski definition) is 5. The minimum atomic E-state index is -0.489. The number of ether oxygens (including phenoxy) is 1. The molecule has 0 aliphatic carbocycles. The summed E-state index contributed by atoms with van der Waals surface area (Å²) < 4.78 is 6.77. The molecule has 22 heavy (non-hydrogen) atoms. The van der Waals surface area contributed by atoms with Crippen molar-refractivity contribution in [1.82, 2.24) is 9.38 Å². The summed E-state index contributed by atoms with van der Waals surface area (Å²) in [5.41, 5.74) is 2.40. The van der Waals surface area contributed by atoms with Crippen molar-refractivity contribution < 1.29 is 14.8 Å². The van der Waals surface area contributed by atoms with Crippen LogP contribution in [-0.4, -0.2) is 26.5 Å². The molecule has 0 aliphatic heterocycles. The van der Waals surface area contributed by atoms with Gasteiger partial charge in [0, 0.05) is 29.6 Å². The van der Waals surface area contributed by atoms with E-state index in [1.807, 2.05) is 6.20 Å². The van der Waals surface area contributed by atoms with E-state index in [1.54, 1.807) is 34.9 Å². The SMILES string of the molecule is COc1ccc(-c2cn3cccc(CO)c3n2)cc1[N+](=O)[O-]. The number of nitro groups is 1. The van der Waals surface area contributed by atoms with Crippen molar-refractivity contribution in [3.05, 3.63) is 58.4 Å². The highest BCUT2D eigenvalue weighted by molar-refractivity contribution is 5.68. The number of fused-ring (bicyclic) bond motifs is 1. The number of methoxy groups -OCH3 is 1. The lowest BCUT2D eigenvalue weighted by Crippen LogP contribution is -1.94. The standard InChI is InChI=1S/C15H13N3O4/c1-22-14-5-4-10(7-13(14)18(20)21)12-8-17-6-2-3-11(9-19)15(17)16-12/h2-8,19H,9H2,1H3. The first-order chi connectivity index (χ1) is 10.6. The van der Waals surface area contributed by atoms with Crippen molar-refractivity contribution in [3.63, 3.8) is 0 Å². The molecule has 0 spiro atoms. The summed E-state index contributed by atoms with van der Waals surface area (Å²) in [5, 5.41) is 20.4. The number of aromatic nitrogens is 2. The molecule has 112 valence electrons. The highest BCUT2D eigenvalue weighted by Gasteiger charge is 2.17. The molecule has 0 unspecified atom stereocenters. The monoisotopic (exact) mass is 299 g/mol. The van der Waals surface area contributed by atoms with Crippen LogP contribution in [0.15, 0.2) is 42.7 Å². The maximum absolute atomic E-state index is 11.1. The van der Waals surface area contributed by atoms with E-state index in [0.29, 0.717) is 22.5 Å². The van der Waals surface area contributed by atoms with Crippen molar-refractivity contribution in [3.8, 4) is 17.0 Å². The summed E-state index contributed by atoms with van der Waals surface area (Å²) >= 11 is 0. The lowest BCUT2D eigenvalue weighted by atomic mass is 10.1. The zero-order chi connectivity index (χ0) is 15.7. The first-order valence-electron chi connectivity index (χ1n) is 6.54. The lowest BCUT2D eigenvalue weighted by Gasteiger charge is -2.02. The number of nitrogens with zero attached hydrogens (tertiary/aromatic N) is 3. The molecule has 0 saturated heterocycles. The fourth-order valence-electron chi connectivity index (χ4n) is 2.33. The largest absolute Gasteiger partial charge is 0.490 e. The van der Waals surface area contributed by atoms with Crippen molar-refractivity contribution in [2.75, 3.05) is 7.11 Å². The van der Waals surface area contributed by atoms with E-state index in [4.69, 9.17) is 4.74 Å². The van der Waals surface area contributed by atoms with E-state index in [0.717, 1.165) is 0 Å². The Morgan fingerprint density at radius 2 is 2.23 bits per heavy atom. The van der Waals surface area contributed by atoms with Gasteiger partial charge in [-0.15, -0.1) is 0 Å². The number of aliphatic hydroxyl groups is 1. The Bertz CT molecular complexity index is 857. The highest BCUT2D eigenvalue weighted by atomic mass is 16.6. The number of aliphatic hydroxyl groups excluding tert-OH is 1. The summed E-state index contributed by atoms with van der Waals surface area (Å²) in [6, 6.07) is 8.28. The third kappa shape index (κ3) is 2.27. The highest BCUT2D eigenvalue weighted by Crippen LogP contribution is 2.32. The quantitative estimate of drug-likeness (QED) is 0.590. The van der Waals surface area contributed by atoms with Gasteiger partial charge in [0.15, 0.2) is 5.75 Å². The molecule has 7 nitrogen and oxygen atoms in total. The maximum atomic E-state index is 11.1. The molecule has 0 amide bonds. The normalized spacial score (nSPS) is 10.8. The summed E-state index contributed by atoms with van der Waals surface area (Å²) in [6.07, 6.45) is 3.57. The molecular weight excluding hydrogens is 286 g/mol. The number of rotatable bonds is 4. The molecule has 2 heterocycles. The second-order valence-electron chi connectivity index (χ2n) is 4.69. The summed E-state index contributed by atoms with van der Waals surface area (Å²) in [4.78, 5) is 15.1. The fraction of sp³-hybridized carbons (Fsp3) is 0.133. The van der Waals surface area contributed by atoms with E-state index < -0.39 is 4.92 Å². The molecular formula is C15H13N3O4. The predicted octanol–water partition coefficient (Wildman–Crippen LogP) is 2.41. The number of nitro benzene ring substituents is 1. The Labute approximate surface area is 125 Å². The van der Waals surface area contributed by atoms with Gasteiger partial charge in [0.25, 0.3) is 0 Å². The molecule has 0 bridgehead atoms. The second-order valence-corrected chi connectivity index (χ2v) is 4.69. The van der Waals surface area contributed by atoms with Crippen LogP contribution in [-0.2, 0) is 6.61 Å². The molecule has 2 aromatic heterocycles. The zero-order valence-corrected chi connectivity index (χ0v) is 11.8. The predicted molar refractivity (Wildman–Crippen MR) is 79.8 cm³/mol. The van der Waals surface area contributed by atoms with Crippen LogP contribution in [0.5, 0.6) is 5.75 Å². The molecule has 3 rings (SSSR count). The minimum Gasteiger partial charge on any atom is -0.490 e. The number of imidazole rings is 1. The maximum Gasteiger partial charge on any atom is 0.311 e. The van der Waals surface area contributed by atoms with E-state index in [-0.39, 0.29) is 18.0 Å².